The number of anilines is 1. The van der Waals surface area contributed by atoms with Crippen molar-refractivity contribution in [1.29, 1.82) is 0 Å². The minimum absolute atomic E-state index is 0.177. The smallest absolute Gasteiger partial charge is 0.311 e. The van der Waals surface area contributed by atoms with E-state index in [4.69, 9.17) is 40.6 Å². The van der Waals surface area contributed by atoms with Gasteiger partial charge in [-0.15, -0.1) is 0 Å². The van der Waals surface area contributed by atoms with Gasteiger partial charge in [0.25, 0.3) is 0 Å². The summed E-state index contributed by atoms with van der Waals surface area (Å²) >= 11 is 5.52. The summed E-state index contributed by atoms with van der Waals surface area (Å²) < 4.78 is 37.6. The van der Waals surface area contributed by atoms with E-state index in [1.54, 1.807) is 54.1 Å². The van der Waals surface area contributed by atoms with Gasteiger partial charge < -0.3 is 69.5 Å². The van der Waals surface area contributed by atoms with Crippen molar-refractivity contribution < 1.29 is 58.7 Å². The van der Waals surface area contributed by atoms with Gasteiger partial charge in [0.2, 0.25) is 0 Å². The van der Waals surface area contributed by atoms with Gasteiger partial charge in [0.05, 0.1) is 60.5 Å². The first kappa shape index (κ1) is 56.2. The van der Waals surface area contributed by atoms with Gasteiger partial charge in [-0.1, -0.05) is 20.8 Å². The number of rotatable bonds is 17. The highest BCUT2D eigenvalue weighted by molar-refractivity contribution is 7.80. The summed E-state index contributed by atoms with van der Waals surface area (Å²) in [6.07, 6.45) is -4.56. The molecule has 0 unspecified atom stereocenters. The van der Waals surface area contributed by atoms with Gasteiger partial charge in [-0.3, -0.25) is 14.7 Å². The molecule has 370 valence electrons. The number of nitrogens with one attached hydrogen (secondary N) is 2. The van der Waals surface area contributed by atoms with Gasteiger partial charge in [-0.2, -0.15) is 0 Å². The van der Waals surface area contributed by atoms with Crippen LogP contribution in [0.1, 0.15) is 101 Å². The van der Waals surface area contributed by atoms with Crippen LogP contribution in [0.15, 0.2) is 24.5 Å². The molecule has 3 heterocycles. The third-order valence-electron chi connectivity index (χ3n) is 13.0. The fourth-order valence-electron chi connectivity index (χ4n) is 9.14. The Morgan fingerprint density at radius 3 is 2.42 bits per heavy atom. The monoisotopic (exact) mass is 930 g/mol. The molecule has 17 nitrogen and oxygen atoms in total. The molecule has 0 aliphatic carbocycles. The van der Waals surface area contributed by atoms with Gasteiger partial charge >= 0.3 is 5.97 Å². The van der Waals surface area contributed by atoms with Crippen LogP contribution in [0, 0.1) is 17.8 Å². The Labute approximate surface area is 387 Å². The minimum Gasteiger partial charge on any atom is -0.459 e. The molecule has 1 aromatic heterocycles. The number of pyridine rings is 1. The number of thiocarbonyl (C=S) groups is 1. The second kappa shape index (κ2) is 25.8. The van der Waals surface area contributed by atoms with E-state index in [1.165, 1.54) is 6.92 Å². The van der Waals surface area contributed by atoms with Crippen LogP contribution < -0.4 is 10.6 Å². The predicted octanol–water partition coefficient (Wildman–Crippen LogP) is 3.29. The van der Waals surface area contributed by atoms with Crippen molar-refractivity contribution >= 4 is 29.0 Å². The standard InChI is InChI=1S/C46H83N5O12S/c1-14-36-46(10,57)40(54)31(6)51(21-16-20-48-44(64)49-34-17-15-19-47-25-34)26-27(2)24-45(9,56)41(63-43-38(53)35(50(11)12)23-28(3)59-43)29(4)39(30(5)42(55)61-36)62-37(18-22-58-13)60-33(8)32(7)52/h15,17,19,25,27-33,35-41,43,52-54,56-57H,14,16,18,20-24,26H2,1-13H3,(H2,48,49,64)/t27-,28-,29+,30-,31-,32-,33+,35+,36-,37+,38-,39+,40-,41-,43+,45-,46-/m1/s1. The van der Waals surface area contributed by atoms with E-state index in [0.29, 0.717) is 37.6 Å². The maximum absolute atomic E-state index is 14.5. The number of nitrogens with zero attached hydrogens (tertiary/aromatic N) is 3. The predicted molar refractivity (Wildman–Crippen MR) is 248 cm³/mol. The quantitative estimate of drug-likeness (QED) is 0.0516. The summed E-state index contributed by atoms with van der Waals surface area (Å²) in [4.78, 5) is 22.6. The van der Waals surface area contributed by atoms with E-state index >= 15 is 0 Å². The van der Waals surface area contributed by atoms with Crippen LogP contribution in [0.25, 0.3) is 0 Å². The molecule has 17 atom stereocenters. The number of ether oxygens (including phenoxy) is 6. The van der Waals surface area contributed by atoms with Crippen LogP contribution in [0.2, 0.25) is 0 Å². The molecular weight excluding hydrogens is 847 g/mol. The topological polar surface area (TPSA) is 217 Å². The number of hydrogen-bond acceptors (Lipinski definition) is 16. The normalized spacial score (nSPS) is 36.6. The lowest BCUT2D eigenvalue weighted by Crippen LogP contribution is -2.59. The molecule has 0 amide bonds. The number of aliphatic hydroxyl groups is 5. The lowest BCUT2D eigenvalue weighted by molar-refractivity contribution is -0.306. The van der Waals surface area contributed by atoms with Gasteiger partial charge in [0.15, 0.2) is 17.7 Å². The second-order valence-corrected chi connectivity index (χ2v) is 19.5. The van der Waals surface area contributed by atoms with E-state index in [1.807, 2.05) is 58.8 Å². The largest absolute Gasteiger partial charge is 0.459 e. The summed E-state index contributed by atoms with van der Waals surface area (Å²) in [5.74, 6) is -2.80. The van der Waals surface area contributed by atoms with E-state index in [2.05, 4.69) is 20.5 Å². The summed E-state index contributed by atoms with van der Waals surface area (Å²) in [5.41, 5.74) is -2.76. The molecule has 0 saturated carbocycles. The second-order valence-electron chi connectivity index (χ2n) is 19.1. The number of hydrogen-bond donors (Lipinski definition) is 7. The zero-order chi connectivity index (χ0) is 48.1. The molecule has 2 aliphatic rings. The number of cyclic esters (lactones) is 1. The van der Waals surface area contributed by atoms with Crippen molar-refractivity contribution in [1.82, 2.24) is 20.1 Å². The number of esters is 1. The minimum atomic E-state index is -1.89. The van der Waals surface area contributed by atoms with Crippen LogP contribution in [-0.2, 0) is 33.2 Å². The van der Waals surface area contributed by atoms with Crippen molar-refractivity contribution in [3.63, 3.8) is 0 Å². The van der Waals surface area contributed by atoms with Crippen molar-refractivity contribution in [3.8, 4) is 0 Å². The molecule has 0 radical (unpaired) electrons. The number of aliphatic hydroxyl groups excluding tert-OH is 3. The first-order valence-electron chi connectivity index (χ1n) is 23.1. The van der Waals surface area contributed by atoms with Gasteiger partial charge in [-0.25, -0.2) is 0 Å². The SMILES string of the molecule is CC[C@H]1OC(=O)[C@H](C)[C@@H](O[C@@H](CCOC)O[C@@H](C)[C@@H](C)O)[C@H](C)[C@@H](O[C@@H]2O[C@H](C)C[C@H](N(C)C)[C@H]2O)[C@](C)(O)C[C@@H](C)CN(CCCNC(=S)Nc2cccnc2)[C@H](C)[C@@H](O)[C@]1(C)O. The summed E-state index contributed by atoms with van der Waals surface area (Å²) in [6.45, 7) is 19.1. The van der Waals surface area contributed by atoms with E-state index in [-0.39, 0.29) is 43.9 Å². The molecule has 1 aromatic rings. The summed E-state index contributed by atoms with van der Waals surface area (Å²) in [7, 11) is 5.31. The van der Waals surface area contributed by atoms with E-state index in [0.717, 1.165) is 5.69 Å². The van der Waals surface area contributed by atoms with Crippen molar-refractivity contribution in [3.05, 3.63) is 24.5 Å². The Hall–Kier alpha value is -2.17. The fourth-order valence-corrected chi connectivity index (χ4v) is 9.36. The highest BCUT2D eigenvalue weighted by atomic mass is 32.1. The van der Waals surface area contributed by atoms with Crippen LogP contribution in [-0.4, -0.2) is 184 Å². The Bertz CT molecular complexity index is 1530. The molecule has 7 N–H and O–H groups in total. The van der Waals surface area contributed by atoms with E-state index < -0.39 is 90.4 Å². The number of aromatic nitrogens is 1. The summed E-state index contributed by atoms with van der Waals surface area (Å²) in [5, 5.41) is 65.9. The van der Waals surface area contributed by atoms with Gasteiger partial charge in [0, 0.05) is 57.4 Å². The molecule has 3 rings (SSSR count). The molecule has 0 aromatic carbocycles. The van der Waals surface area contributed by atoms with E-state index in [9.17, 15) is 30.3 Å². The Morgan fingerprint density at radius 2 is 1.83 bits per heavy atom. The molecule has 2 fully saturated rings. The molecule has 2 saturated heterocycles. The molecular formula is C46H83N5O12S. The lowest BCUT2D eigenvalue weighted by atomic mass is 9.77. The third-order valence-corrected chi connectivity index (χ3v) is 13.2. The van der Waals surface area contributed by atoms with Crippen LogP contribution in [0.5, 0.6) is 0 Å². The average Bonchev–Trinajstić information content (AvgIpc) is 3.23. The Morgan fingerprint density at radius 1 is 1.14 bits per heavy atom. The van der Waals surface area contributed by atoms with Crippen LogP contribution in [0.3, 0.4) is 0 Å². The van der Waals surface area contributed by atoms with Gasteiger partial charge in [-0.05, 0) is 119 Å². The lowest BCUT2D eigenvalue weighted by Gasteiger charge is -2.47. The van der Waals surface area contributed by atoms with Gasteiger partial charge in [0.1, 0.15) is 23.9 Å². The zero-order valence-electron chi connectivity index (χ0n) is 40.7. The zero-order valence-corrected chi connectivity index (χ0v) is 41.5. The molecule has 64 heavy (non-hydrogen) atoms. The molecule has 18 heteroatoms. The molecule has 2 aliphatic heterocycles. The Balaban J connectivity index is 2.12. The van der Waals surface area contributed by atoms with Crippen molar-refractivity contribution in [2.45, 2.75) is 186 Å². The Kier molecular flexibility index (Phi) is 22.7. The summed E-state index contributed by atoms with van der Waals surface area (Å²) in [6, 6.07) is 2.73. The third kappa shape index (κ3) is 16.0. The number of carbonyl (C=O) groups excluding carboxylic acids is 1. The highest BCUT2D eigenvalue weighted by Crippen LogP contribution is 2.38. The van der Waals surface area contributed by atoms with Crippen LogP contribution >= 0.6 is 12.2 Å². The fraction of sp³-hybridized carbons (Fsp3) is 0.848. The van der Waals surface area contributed by atoms with Crippen molar-refractivity contribution in [2.24, 2.45) is 17.8 Å². The average molecular weight is 930 g/mol. The number of carbonyl (C=O) groups is 1. The highest BCUT2D eigenvalue weighted by Gasteiger charge is 2.51. The first-order valence-corrected chi connectivity index (χ1v) is 23.5. The van der Waals surface area contributed by atoms with Crippen molar-refractivity contribution in [2.75, 3.05) is 52.8 Å². The maximum Gasteiger partial charge on any atom is 0.311 e. The first-order chi connectivity index (χ1) is 29.9. The van der Waals surface area contributed by atoms with Crippen LogP contribution in [0.4, 0.5) is 5.69 Å². The maximum atomic E-state index is 14.5. The molecule has 0 bridgehead atoms. The number of methoxy groups -OCH3 is 1. The molecule has 0 spiro atoms. The number of likely N-dealkylation sites (N-methyl/N-ethyl adjacent to an activating group) is 1.